The predicted octanol–water partition coefficient (Wildman–Crippen LogP) is -6.05. The zero-order valence-electron chi connectivity index (χ0n) is 49.2. The van der Waals surface area contributed by atoms with E-state index in [2.05, 4.69) is 57.5 Å². The third kappa shape index (κ3) is 22.6. The Bertz CT molecular complexity index is 3090. The lowest BCUT2D eigenvalue weighted by Gasteiger charge is -2.29. The number of unbranched alkanes of at least 4 members (excludes halogenated alkanes) is 2. The highest BCUT2D eigenvalue weighted by Crippen LogP contribution is 2.21. The maximum Gasteiger partial charge on any atom is 0.245 e. The highest BCUT2D eigenvalue weighted by molar-refractivity contribution is 6.00. The number of primary amides is 3. The van der Waals surface area contributed by atoms with Gasteiger partial charge in [-0.2, -0.15) is 0 Å². The predicted molar refractivity (Wildman–Crippen MR) is 323 cm³/mol. The monoisotopic (exact) mass is 1230 g/mol. The quantitative estimate of drug-likeness (QED) is 0.0112. The fraction of sp³-hybridized carbons (Fsp3) is 0.500. The number of para-hydroxylation sites is 2. The minimum absolute atomic E-state index is 0.000636. The van der Waals surface area contributed by atoms with Gasteiger partial charge in [-0.1, -0.05) is 36.4 Å². The van der Waals surface area contributed by atoms with Crippen molar-refractivity contribution >= 4 is 92.7 Å². The van der Waals surface area contributed by atoms with Crippen LogP contribution < -0.4 is 88.4 Å². The second kappa shape index (κ2) is 35.4. The smallest absolute Gasteiger partial charge is 0.245 e. The number of guanidine groups is 1. The number of hydrogen-bond acceptors (Lipinski definition) is 17. The molecular weight excluding hydrogens is 1150 g/mol. The summed E-state index contributed by atoms with van der Waals surface area (Å²) in [5.74, 6) is -11.7. The van der Waals surface area contributed by atoms with E-state index in [4.69, 9.17) is 45.9 Å². The largest absolute Gasteiger partial charge is 0.391 e. The first kappa shape index (κ1) is 71.2. The van der Waals surface area contributed by atoms with E-state index in [1.54, 1.807) is 54.9 Å². The molecule has 4 rings (SSSR count). The van der Waals surface area contributed by atoms with E-state index < -0.39 is 144 Å². The minimum Gasteiger partial charge on any atom is -0.391 e. The Morgan fingerprint density at radius 1 is 0.466 bits per heavy atom. The second-order valence-corrected chi connectivity index (χ2v) is 21.3. The number of amides is 11. The van der Waals surface area contributed by atoms with Crippen LogP contribution >= 0.6 is 0 Å². The Morgan fingerprint density at radius 2 is 0.841 bits per heavy atom. The number of fused-ring (bicyclic) bond motifs is 2. The van der Waals surface area contributed by atoms with Crippen molar-refractivity contribution in [3.8, 4) is 0 Å². The summed E-state index contributed by atoms with van der Waals surface area (Å²) in [6.07, 6.45) is -0.741. The van der Waals surface area contributed by atoms with Gasteiger partial charge in [-0.15, -0.1) is 0 Å². The summed E-state index contributed by atoms with van der Waals surface area (Å²) >= 11 is 0. The molecule has 482 valence electrons. The molecule has 0 fully saturated rings. The summed E-state index contributed by atoms with van der Waals surface area (Å²) < 4.78 is 0. The maximum absolute atomic E-state index is 14.5. The fourth-order valence-corrected chi connectivity index (χ4v) is 9.40. The van der Waals surface area contributed by atoms with Gasteiger partial charge >= 0.3 is 0 Å². The number of aromatic nitrogens is 2. The first-order valence-electron chi connectivity index (χ1n) is 28.7. The molecule has 11 amide bonds. The van der Waals surface area contributed by atoms with E-state index in [-0.39, 0.29) is 64.1 Å². The lowest BCUT2D eigenvalue weighted by atomic mass is 10.0. The molecule has 0 bridgehead atoms. The Hall–Kier alpha value is -9.24. The third-order valence-corrected chi connectivity index (χ3v) is 14.2. The van der Waals surface area contributed by atoms with Crippen molar-refractivity contribution in [1.82, 2.24) is 52.5 Å². The average molecular weight is 1230 g/mol. The van der Waals surface area contributed by atoms with Gasteiger partial charge in [0.05, 0.1) is 31.1 Å². The van der Waals surface area contributed by atoms with Gasteiger partial charge in [0.2, 0.25) is 65.0 Å². The molecule has 2 aromatic heterocycles. The summed E-state index contributed by atoms with van der Waals surface area (Å²) in [5.41, 5.74) is 47.4. The molecule has 0 aliphatic carbocycles. The van der Waals surface area contributed by atoms with Crippen LogP contribution in [0.5, 0.6) is 0 Å². The number of nitrogens with two attached hydrogens (primary N) is 8. The van der Waals surface area contributed by atoms with Crippen LogP contribution in [0.4, 0.5) is 0 Å². The Labute approximate surface area is 506 Å². The van der Waals surface area contributed by atoms with E-state index in [1.165, 1.54) is 6.92 Å². The molecule has 32 nitrogen and oxygen atoms in total. The molecule has 2 heterocycles. The van der Waals surface area contributed by atoms with Gasteiger partial charge in [0, 0.05) is 53.6 Å². The number of carbonyl (C=O) groups excluding carboxylic acids is 11. The van der Waals surface area contributed by atoms with E-state index in [0.29, 0.717) is 47.7 Å². The van der Waals surface area contributed by atoms with Crippen molar-refractivity contribution in [2.75, 3.05) is 19.6 Å². The molecule has 2 aromatic carbocycles. The van der Waals surface area contributed by atoms with E-state index in [1.807, 2.05) is 6.07 Å². The topological polar surface area (TPSA) is 577 Å². The van der Waals surface area contributed by atoms with Crippen LogP contribution in [0.25, 0.3) is 21.8 Å². The molecule has 0 saturated carbocycles. The molecule has 11 atom stereocenters. The number of aromatic amines is 2. The standard InChI is InChI=1S/C56H85N19O13/c1-28(76)45(54(87)70-39(47(62)80)22-30-26-66-35-15-5-3-12-32(30)35)75-53(86)40(23-31-27-67-36-16-6-4-13-33(31)36)73-55(88)46(29(2)77)74-50(83)38(18-8-10-20-58)69-51(84)41(24-43(60)78)72-52(85)42(25-44(61)79)71-49(82)37(17-7-9-19-57)68-48(81)34(59)14-11-21-65-56(63)64/h3-6,12-13,15-16,26-29,34,37-42,45-46,66-67,76-77H,7-11,14,17-25,57-59H2,1-2H3,(H2,60,78)(H2,61,79)(H2,62,80)(H,68,81)(H,69,84)(H,70,87)(H,71,82)(H,72,85)(H,73,88)(H,74,83)(H,75,86)(H4,63,64,65). The summed E-state index contributed by atoms with van der Waals surface area (Å²) in [5, 5.41) is 42.9. The highest BCUT2D eigenvalue weighted by atomic mass is 16.3. The van der Waals surface area contributed by atoms with Crippen molar-refractivity contribution in [3.05, 3.63) is 72.1 Å². The van der Waals surface area contributed by atoms with Gasteiger partial charge in [-0.05, 0) is 102 Å². The summed E-state index contributed by atoms with van der Waals surface area (Å²) in [7, 11) is 0. The van der Waals surface area contributed by atoms with Crippen molar-refractivity contribution in [1.29, 1.82) is 0 Å². The molecule has 0 saturated heterocycles. The Kier molecular flexibility index (Phi) is 28.7. The molecule has 88 heavy (non-hydrogen) atoms. The van der Waals surface area contributed by atoms with Crippen molar-refractivity contribution in [3.63, 3.8) is 0 Å². The van der Waals surface area contributed by atoms with Crippen LogP contribution in [0.1, 0.15) is 89.2 Å². The molecular formula is C56H85N19O13. The molecule has 4 aromatic rings. The van der Waals surface area contributed by atoms with E-state index >= 15 is 0 Å². The van der Waals surface area contributed by atoms with Crippen molar-refractivity contribution < 1.29 is 63.0 Å². The first-order chi connectivity index (χ1) is 41.7. The third-order valence-electron chi connectivity index (χ3n) is 14.2. The zero-order chi connectivity index (χ0) is 65.2. The molecule has 32 heteroatoms. The van der Waals surface area contributed by atoms with Gasteiger partial charge < -0.3 is 109 Å². The summed E-state index contributed by atoms with van der Waals surface area (Å²) in [4.78, 5) is 160. The van der Waals surface area contributed by atoms with E-state index in [0.717, 1.165) is 17.8 Å². The second-order valence-electron chi connectivity index (χ2n) is 21.3. The number of aliphatic hydroxyl groups is 2. The fourth-order valence-electron chi connectivity index (χ4n) is 9.40. The van der Waals surface area contributed by atoms with Gasteiger partial charge in [0.15, 0.2) is 5.96 Å². The van der Waals surface area contributed by atoms with Crippen LogP contribution in [0.3, 0.4) is 0 Å². The van der Waals surface area contributed by atoms with Crippen molar-refractivity contribution in [2.24, 2.45) is 50.9 Å². The lowest BCUT2D eigenvalue weighted by molar-refractivity contribution is -0.138. The number of aliphatic imine (C=N–C) groups is 1. The average Bonchev–Trinajstić information content (AvgIpc) is 3.99. The number of nitrogens with one attached hydrogen (secondary N) is 10. The van der Waals surface area contributed by atoms with Crippen LogP contribution in [-0.2, 0) is 65.6 Å². The van der Waals surface area contributed by atoms with E-state index in [9.17, 15) is 63.0 Å². The number of H-pyrrole nitrogens is 2. The molecule has 0 aliphatic rings. The van der Waals surface area contributed by atoms with Crippen molar-refractivity contribution in [2.45, 2.75) is 157 Å². The molecule has 0 aliphatic heterocycles. The molecule has 11 unspecified atom stereocenters. The van der Waals surface area contributed by atoms with Gasteiger partial charge in [-0.25, -0.2) is 0 Å². The van der Waals surface area contributed by atoms with Gasteiger partial charge in [0.1, 0.15) is 48.3 Å². The zero-order valence-corrected chi connectivity index (χ0v) is 49.2. The number of rotatable bonds is 39. The molecule has 0 radical (unpaired) electrons. The lowest BCUT2D eigenvalue weighted by Crippen LogP contribution is -2.63. The van der Waals surface area contributed by atoms with Crippen LogP contribution in [-0.4, -0.2) is 177 Å². The summed E-state index contributed by atoms with van der Waals surface area (Å²) in [6, 6.07) is -0.132. The number of nitrogens with zero attached hydrogens (tertiary/aromatic N) is 1. The van der Waals surface area contributed by atoms with Crippen LogP contribution in [0.15, 0.2) is 65.9 Å². The Balaban J connectivity index is 1.57. The highest BCUT2D eigenvalue weighted by Gasteiger charge is 2.38. The first-order valence-corrected chi connectivity index (χ1v) is 28.7. The SMILES string of the molecule is CC(O)C(NC(=O)C(Cc1c[nH]c2ccccc12)NC(=O)C(NC(=O)C(CCCCN)NC(=O)C(CC(N)=O)NC(=O)C(CC(N)=O)NC(=O)C(CCCCN)NC(=O)C(N)CCCN=C(N)N)C(C)O)C(=O)NC(Cc1c[nH]c2ccccc12)C(N)=O. The Morgan fingerprint density at radius 3 is 1.26 bits per heavy atom. The minimum atomic E-state index is -1.90. The number of benzene rings is 2. The molecule has 28 N–H and O–H groups in total. The molecule has 0 spiro atoms. The van der Waals surface area contributed by atoms with Gasteiger partial charge in [0.25, 0.3) is 0 Å². The van der Waals surface area contributed by atoms with Crippen LogP contribution in [0, 0.1) is 0 Å². The normalized spacial score (nSPS) is 15.0. The number of aliphatic hydroxyl groups excluding tert-OH is 2. The number of carbonyl (C=O) groups is 11. The van der Waals surface area contributed by atoms with Gasteiger partial charge in [-0.3, -0.25) is 57.7 Å². The number of hydrogen-bond donors (Lipinski definition) is 20. The summed E-state index contributed by atoms with van der Waals surface area (Å²) in [6.45, 7) is 2.88. The van der Waals surface area contributed by atoms with Crippen LogP contribution in [0.2, 0.25) is 0 Å². The maximum atomic E-state index is 14.5.